The number of aromatic nitrogens is 3. The van der Waals surface area contributed by atoms with E-state index in [4.69, 9.17) is 0 Å². The smallest absolute Gasteiger partial charge is 0.257 e. The SMILES string of the molecule is CCCn1ncc(C(=O)N(C)C(C)c2nccs2)c1C. The van der Waals surface area contributed by atoms with Crippen molar-refractivity contribution in [2.45, 2.75) is 39.8 Å². The van der Waals surface area contributed by atoms with E-state index in [0.29, 0.717) is 5.56 Å². The Morgan fingerprint density at radius 2 is 2.30 bits per heavy atom. The molecule has 5 nitrogen and oxygen atoms in total. The van der Waals surface area contributed by atoms with E-state index in [2.05, 4.69) is 17.0 Å². The van der Waals surface area contributed by atoms with Crippen molar-refractivity contribution in [2.24, 2.45) is 0 Å². The van der Waals surface area contributed by atoms with E-state index in [1.54, 1.807) is 28.6 Å². The van der Waals surface area contributed by atoms with E-state index in [0.717, 1.165) is 23.7 Å². The summed E-state index contributed by atoms with van der Waals surface area (Å²) in [6, 6.07) is -0.0311. The van der Waals surface area contributed by atoms with Crippen LogP contribution in [0, 0.1) is 6.92 Å². The van der Waals surface area contributed by atoms with Gasteiger partial charge in [0.25, 0.3) is 5.91 Å². The minimum atomic E-state index is -0.0311. The second-order valence-electron chi connectivity index (χ2n) is 4.83. The van der Waals surface area contributed by atoms with Crippen LogP contribution in [0.4, 0.5) is 0 Å². The van der Waals surface area contributed by atoms with Gasteiger partial charge in [0.05, 0.1) is 17.8 Å². The van der Waals surface area contributed by atoms with E-state index in [1.165, 1.54) is 0 Å². The van der Waals surface area contributed by atoms with Gasteiger partial charge in [0.2, 0.25) is 0 Å². The number of rotatable bonds is 5. The minimum Gasteiger partial charge on any atom is -0.332 e. The normalized spacial score (nSPS) is 12.4. The fourth-order valence-electron chi connectivity index (χ4n) is 2.07. The van der Waals surface area contributed by atoms with Crippen LogP contribution in [0.25, 0.3) is 0 Å². The molecule has 2 aromatic heterocycles. The van der Waals surface area contributed by atoms with Gasteiger partial charge in [-0.2, -0.15) is 5.10 Å². The van der Waals surface area contributed by atoms with Crippen molar-refractivity contribution in [2.75, 3.05) is 7.05 Å². The number of thiazole rings is 1. The Labute approximate surface area is 123 Å². The van der Waals surface area contributed by atoms with Gasteiger partial charge in [0.1, 0.15) is 5.01 Å². The van der Waals surface area contributed by atoms with Crippen LogP contribution in [-0.4, -0.2) is 32.6 Å². The lowest BCUT2D eigenvalue weighted by Crippen LogP contribution is -2.30. The van der Waals surface area contributed by atoms with Gasteiger partial charge in [-0.1, -0.05) is 6.92 Å². The molecular weight excluding hydrogens is 272 g/mol. The molecule has 0 radical (unpaired) electrons. The van der Waals surface area contributed by atoms with Gasteiger partial charge in [-0.25, -0.2) is 4.98 Å². The molecule has 1 unspecified atom stereocenters. The molecule has 1 amide bonds. The number of nitrogens with zero attached hydrogens (tertiary/aromatic N) is 4. The summed E-state index contributed by atoms with van der Waals surface area (Å²) in [5, 5.41) is 7.16. The maximum atomic E-state index is 12.6. The van der Waals surface area contributed by atoms with Crippen LogP contribution in [0.1, 0.15) is 47.4 Å². The van der Waals surface area contributed by atoms with Gasteiger partial charge in [-0.3, -0.25) is 9.48 Å². The van der Waals surface area contributed by atoms with Crippen LogP contribution < -0.4 is 0 Å². The molecular formula is C14H20N4OS. The highest BCUT2D eigenvalue weighted by Crippen LogP contribution is 2.23. The number of carbonyl (C=O) groups is 1. The molecule has 0 N–H and O–H groups in total. The first-order valence-corrected chi connectivity index (χ1v) is 7.63. The molecule has 2 rings (SSSR count). The molecule has 0 saturated heterocycles. The lowest BCUT2D eigenvalue weighted by atomic mass is 10.2. The van der Waals surface area contributed by atoms with Crippen molar-refractivity contribution in [1.29, 1.82) is 0 Å². The summed E-state index contributed by atoms with van der Waals surface area (Å²) in [6.45, 7) is 6.87. The first-order valence-electron chi connectivity index (χ1n) is 6.75. The third kappa shape index (κ3) is 2.75. The highest BCUT2D eigenvalue weighted by Gasteiger charge is 2.23. The first-order chi connectivity index (χ1) is 9.56. The molecule has 20 heavy (non-hydrogen) atoms. The Morgan fingerprint density at radius 1 is 1.55 bits per heavy atom. The third-order valence-electron chi connectivity index (χ3n) is 3.48. The van der Waals surface area contributed by atoms with Crippen LogP contribution in [0.15, 0.2) is 17.8 Å². The topological polar surface area (TPSA) is 51.0 Å². The summed E-state index contributed by atoms with van der Waals surface area (Å²) in [7, 11) is 1.81. The second kappa shape index (κ2) is 6.17. The van der Waals surface area contributed by atoms with Crippen molar-refractivity contribution in [3.63, 3.8) is 0 Å². The van der Waals surface area contributed by atoms with Crippen molar-refractivity contribution in [1.82, 2.24) is 19.7 Å². The Morgan fingerprint density at radius 3 is 2.90 bits per heavy atom. The zero-order chi connectivity index (χ0) is 14.7. The number of aryl methyl sites for hydroxylation is 1. The molecule has 0 aliphatic carbocycles. The second-order valence-corrected chi connectivity index (χ2v) is 5.76. The number of hydrogen-bond acceptors (Lipinski definition) is 4. The summed E-state index contributed by atoms with van der Waals surface area (Å²) < 4.78 is 1.88. The van der Waals surface area contributed by atoms with Crippen LogP contribution in [0.3, 0.4) is 0 Å². The van der Waals surface area contributed by atoms with Crippen LogP contribution >= 0.6 is 11.3 Å². The summed E-state index contributed by atoms with van der Waals surface area (Å²) in [5.41, 5.74) is 1.60. The zero-order valence-electron chi connectivity index (χ0n) is 12.3. The summed E-state index contributed by atoms with van der Waals surface area (Å²) in [6.07, 6.45) is 4.43. The average molecular weight is 292 g/mol. The number of hydrogen-bond donors (Lipinski definition) is 0. The fraction of sp³-hybridized carbons (Fsp3) is 0.500. The molecule has 6 heteroatoms. The lowest BCUT2D eigenvalue weighted by molar-refractivity contribution is 0.0741. The number of amides is 1. The summed E-state index contributed by atoms with van der Waals surface area (Å²) in [5.74, 6) is -0.00690. The van der Waals surface area contributed by atoms with Crippen molar-refractivity contribution in [3.8, 4) is 0 Å². The van der Waals surface area contributed by atoms with Crippen molar-refractivity contribution in [3.05, 3.63) is 34.0 Å². The van der Waals surface area contributed by atoms with E-state index in [9.17, 15) is 4.79 Å². The molecule has 0 spiro atoms. The Balaban J connectivity index is 2.18. The van der Waals surface area contributed by atoms with Gasteiger partial charge >= 0.3 is 0 Å². The highest BCUT2D eigenvalue weighted by atomic mass is 32.1. The summed E-state index contributed by atoms with van der Waals surface area (Å²) >= 11 is 1.56. The Bertz CT molecular complexity index is 576. The fourth-order valence-corrected chi connectivity index (χ4v) is 2.80. The van der Waals surface area contributed by atoms with E-state index in [1.807, 2.05) is 31.0 Å². The summed E-state index contributed by atoms with van der Waals surface area (Å²) in [4.78, 5) is 18.6. The molecule has 1 atom stereocenters. The van der Waals surface area contributed by atoms with Gasteiger partial charge < -0.3 is 4.90 Å². The van der Waals surface area contributed by atoms with E-state index in [-0.39, 0.29) is 11.9 Å². The van der Waals surface area contributed by atoms with Crippen LogP contribution in [-0.2, 0) is 6.54 Å². The molecule has 0 aliphatic rings. The zero-order valence-corrected chi connectivity index (χ0v) is 13.1. The highest BCUT2D eigenvalue weighted by molar-refractivity contribution is 7.09. The van der Waals surface area contributed by atoms with Crippen molar-refractivity contribution < 1.29 is 4.79 Å². The quantitative estimate of drug-likeness (QED) is 0.851. The molecule has 0 bridgehead atoms. The Kier molecular flexibility index (Phi) is 4.54. The molecule has 2 heterocycles. The maximum Gasteiger partial charge on any atom is 0.257 e. The molecule has 0 saturated carbocycles. The lowest BCUT2D eigenvalue weighted by Gasteiger charge is -2.23. The first kappa shape index (κ1) is 14.7. The van der Waals surface area contributed by atoms with Gasteiger partial charge in [0, 0.05) is 30.9 Å². The van der Waals surface area contributed by atoms with Crippen LogP contribution in [0.2, 0.25) is 0 Å². The average Bonchev–Trinajstić information content (AvgIpc) is 3.08. The predicted octanol–water partition coefficient (Wildman–Crippen LogP) is 2.89. The van der Waals surface area contributed by atoms with E-state index >= 15 is 0 Å². The molecule has 0 aliphatic heterocycles. The molecule has 2 aromatic rings. The molecule has 0 fully saturated rings. The van der Waals surface area contributed by atoms with Crippen molar-refractivity contribution >= 4 is 17.2 Å². The van der Waals surface area contributed by atoms with E-state index < -0.39 is 0 Å². The standard InChI is InChI=1S/C14H20N4OS/c1-5-7-18-10(2)12(9-16-18)14(19)17(4)11(3)13-15-6-8-20-13/h6,8-9,11H,5,7H2,1-4H3. The maximum absolute atomic E-state index is 12.6. The molecule has 108 valence electrons. The molecule has 0 aromatic carbocycles. The largest absolute Gasteiger partial charge is 0.332 e. The minimum absolute atomic E-state index is 0.00690. The van der Waals surface area contributed by atoms with Gasteiger partial charge in [-0.15, -0.1) is 11.3 Å². The number of carbonyl (C=O) groups excluding carboxylic acids is 1. The van der Waals surface area contributed by atoms with Gasteiger partial charge in [-0.05, 0) is 20.3 Å². The van der Waals surface area contributed by atoms with Crippen LogP contribution in [0.5, 0.6) is 0 Å². The predicted molar refractivity (Wildman–Crippen MR) is 79.9 cm³/mol. The Hall–Kier alpha value is -1.69. The van der Waals surface area contributed by atoms with Gasteiger partial charge in [0.15, 0.2) is 0 Å². The monoisotopic (exact) mass is 292 g/mol. The third-order valence-corrected chi connectivity index (χ3v) is 4.42.